The number of ether oxygens (including phenoxy) is 1. The van der Waals surface area contributed by atoms with Crippen LogP contribution in [0.15, 0.2) is 24.3 Å². The second kappa shape index (κ2) is 7.89. The van der Waals surface area contributed by atoms with Gasteiger partial charge in [-0.1, -0.05) is 12.1 Å². The molecule has 5 heteroatoms. The zero-order valence-electron chi connectivity index (χ0n) is 42.8. The molecule has 1 amide bonds. The lowest BCUT2D eigenvalue weighted by atomic mass is 9.47. The largest absolute Gasteiger partial charge is 0.450 e. The summed E-state index contributed by atoms with van der Waals surface area (Å²) < 4.78 is 5.47. The summed E-state index contributed by atoms with van der Waals surface area (Å²) >= 11 is 0. The van der Waals surface area contributed by atoms with Crippen LogP contribution in [0.4, 0.5) is 10.5 Å². The number of likely N-dealkylation sites (tertiary alicyclic amines) is 1. The van der Waals surface area contributed by atoms with Crippen molar-refractivity contribution in [2.24, 2.45) is 0 Å². The van der Waals surface area contributed by atoms with E-state index in [0.29, 0.717) is 19.7 Å². The van der Waals surface area contributed by atoms with Crippen LogP contribution in [-0.2, 0) is 15.6 Å². The summed E-state index contributed by atoms with van der Waals surface area (Å²) in [5, 5.41) is 89.4. The molecule has 354 valence electrons. The Hall–Kier alpha value is -9.29. The van der Waals surface area contributed by atoms with E-state index in [1.54, 1.807) is 313 Å². The first-order chi connectivity index (χ1) is 40.2. The maximum absolute atomic E-state index is 12.9. The van der Waals surface area contributed by atoms with Crippen molar-refractivity contribution in [2.45, 2.75) is 23.8 Å². The molecule has 1 unspecified atom stereocenters. The van der Waals surface area contributed by atoms with Crippen molar-refractivity contribution in [2.75, 3.05) is 51.3 Å². The fourth-order valence-corrected chi connectivity index (χ4v) is 27.8. The quantitative estimate of drug-likeness (QED) is 0.165. The molecule has 2 fully saturated rings. The third-order valence-electron chi connectivity index (χ3n) is 28.3. The Morgan fingerprint density at radius 3 is 0.877 bits per heavy atom. The van der Waals surface area contributed by atoms with Crippen LogP contribution in [0.1, 0.15) is 40.8 Å². The van der Waals surface area contributed by atoms with Gasteiger partial charge >= 0.3 is 6.09 Å². The Bertz CT molecular complexity index is 7610. The number of piperazine rings is 1. The van der Waals surface area contributed by atoms with Crippen molar-refractivity contribution in [3.05, 3.63) is 52.1 Å². The van der Waals surface area contributed by atoms with E-state index >= 15 is 0 Å². The standard InChI is InChI=1S/C76H23N3O2/c1-3-81-74(80)79-10-8-78(9-11-79)14-6-4-13(5-7-14)73-76-71-65-59-49-37-29-21-17-15-16-19-23(21)31(37)41-35-27(19)28-20(16)24-22-18(15)26-25(17)33-39(29)47-53-43(33)44-34(26)40-30(22)38-32(24)42-36(28)46-45(35)57(51(41)59)67(71)68-58(46)52(42)60-50(38)56-48(40)54(44)62-61(53)69(63(65)55(47)49)75(76,12-77(73)2)70(62)64(56)66(60)72(68)76/h4-7,73H,3,8-12H2,1-2H3. The Morgan fingerprint density at radius 1 is 0.370 bits per heavy atom. The number of nitrogens with zero attached hydrogens (tertiary/aromatic N) is 3. The van der Waals surface area contributed by atoms with E-state index < -0.39 is 0 Å². The summed E-state index contributed by atoms with van der Waals surface area (Å²) in [6, 6.07) is 10.2. The number of hydrogen-bond donors (Lipinski definition) is 0. The molecule has 81 heavy (non-hydrogen) atoms. The van der Waals surface area contributed by atoms with Crippen molar-refractivity contribution >= 4 is 303 Å². The molecule has 0 radical (unpaired) electrons. The first-order valence-corrected chi connectivity index (χ1v) is 30.4. The monoisotopic (exact) mass is 1010 g/mol. The molecule has 5 nitrogen and oxygen atoms in total. The number of anilines is 1. The van der Waals surface area contributed by atoms with Gasteiger partial charge in [-0.15, -0.1) is 0 Å². The van der Waals surface area contributed by atoms with Gasteiger partial charge in [0.25, 0.3) is 0 Å². The minimum absolute atomic E-state index is 0.1000. The highest BCUT2D eigenvalue weighted by Gasteiger charge is 2.76. The summed E-state index contributed by atoms with van der Waals surface area (Å²) in [4.78, 5) is 20.2. The van der Waals surface area contributed by atoms with Gasteiger partial charge in [0.05, 0.1) is 17.4 Å². The molecule has 0 aromatic heterocycles. The summed E-state index contributed by atoms with van der Waals surface area (Å²) in [5.41, 5.74) is 9.03. The highest BCUT2D eigenvalue weighted by Crippen LogP contribution is 2.87. The molecule has 0 N–H and O–H groups in total. The molecule has 29 aromatic rings. The van der Waals surface area contributed by atoms with Crippen LogP contribution in [0.3, 0.4) is 0 Å². The third kappa shape index (κ3) is 1.95. The van der Waals surface area contributed by atoms with Crippen LogP contribution in [0.2, 0.25) is 0 Å². The second-order valence-electron chi connectivity index (χ2n) is 29.0. The molecule has 2 saturated heterocycles. The third-order valence-corrected chi connectivity index (χ3v) is 28.3. The van der Waals surface area contributed by atoms with Crippen molar-refractivity contribution in [1.29, 1.82) is 0 Å². The lowest BCUT2D eigenvalue weighted by molar-refractivity contribution is 0.105. The zero-order valence-corrected chi connectivity index (χ0v) is 42.8. The van der Waals surface area contributed by atoms with Crippen molar-refractivity contribution in [1.82, 2.24) is 9.80 Å². The van der Waals surface area contributed by atoms with Gasteiger partial charge < -0.3 is 14.5 Å². The van der Waals surface area contributed by atoms with E-state index in [9.17, 15) is 4.79 Å². The SMILES string of the molecule is CCOC(=O)N1CCN(c2ccc(C3N(C)CC45c6c7c8c9c%10c%11c(c%12c%13c4c4c6c6c%14c7c7c8c8c%10c%10c%15c%11c%11c%12c%12c%13c%13c4c4c6c6c%14c%14c7c7c8c%10c8c%10c%15c%11c%11c%12c%12c%13c4c4c6c6c%14c7c8c7c%10c%11c%12c4c67)C935)cc2)CC1. The summed E-state index contributed by atoms with van der Waals surface area (Å²) in [7, 11) is 2.57. The van der Waals surface area contributed by atoms with Gasteiger partial charge in [-0.05, 0) is 345 Å². The van der Waals surface area contributed by atoms with Crippen molar-refractivity contribution in [3.8, 4) is 0 Å². The lowest BCUT2D eigenvalue weighted by Gasteiger charge is -2.52. The lowest BCUT2D eigenvalue weighted by Crippen LogP contribution is -2.52. The normalized spacial score (nSPS) is 23.4. The number of carbonyl (C=O) groups excluding carboxylic acids is 1. The molecule has 2 spiro atoms. The van der Waals surface area contributed by atoms with E-state index in [2.05, 4.69) is 41.1 Å². The molecule has 29 aromatic carbocycles. The smallest absolute Gasteiger partial charge is 0.409 e. The average molecular weight is 1010 g/mol. The first-order valence-electron chi connectivity index (χ1n) is 30.4. The fourth-order valence-electron chi connectivity index (χ4n) is 27.8. The molecule has 0 bridgehead atoms. The Morgan fingerprint density at radius 2 is 0.617 bits per heavy atom. The summed E-state index contributed by atoms with van der Waals surface area (Å²) in [5.74, 6) is 0. The van der Waals surface area contributed by atoms with Gasteiger partial charge in [0.15, 0.2) is 0 Å². The first kappa shape index (κ1) is 32.7. The molecule has 35 rings (SSSR count). The van der Waals surface area contributed by atoms with Crippen LogP contribution in [0.25, 0.3) is 291 Å². The van der Waals surface area contributed by atoms with Crippen LogP contribution in [-0.4, -0.2) is 62.3 Å². The molecule has 1 atom stereocenters. The Balaban J connectivity index is 0.926. The van der Waals surface area contributed by atoms with E-state index in [4.69, 9.17) is 4.74 Å². The Labute approximate surface area is 446 Å². The second-order valence-corrected chi connectivity index (χ2v) is 29.0. The van der Waals surface area contributed by atoms with Gasteiger partial charge in [0.1, 0.15) is 0 Å². The zero-order chi connectivity index (χ0) is 49.3. The van der Waals surface area contributed by atoms with Crippen LogP contribution in [0, 0.1) is 0 Å². The number of carbonyl (C=O) groups is 1. The van der Waals surface area contributed by atoms with Gasteiger partial charge in [-0.2, -0.15) is 0 Å². The minimum Gasteiger partial charge on any atom is -0.450 e. The van der Waals surface area contributed by atoms with E-state index in [1.165, 1.54) is 11.3 Å². The maximum Gasteiger partial charge on any atom is 0.409 e. The molecule has 6 aliphatic rings. The number of hydrogen-bond acceptors (Lipinski definition) is 4. The molecule has 2 aliphatic heterocycles. The van der Waals surface area contributed by atoms with Gasteiger partial charge in [0, 0.05) is 44.5 Å². The molecule has 2 heterocycles. The van der Waals surface area contributed by atoms with E-state index in [1.807, 2.05) is 11.8 Å². The van der Waals surface area contributed by atoms with E-state index in [0.717, 1.165) is 19.6 Å². The van der Waals surface area contributed by atoms with Crippen LogP contribution >= 0.6 is 0 Å². The minimum atomic E-state index is -0.375. The van der Waals surface area contributed by atoms with Crippen LogP contribution in [0.5, 0.6) is 0 Å². The molecular weight excluding hydrogens is 987 g/mol. The maximum atomic E-state index is 12.9. The van der Waals surface area contributed by atoms with Gasteiger partial charge in [-0.3, -0.25) is 4.90 Å². The number of likely N-dealkylation sites (N-methyl/N-ethyl adjacent to an activating group) is 1. The summed E-state index contributed by atoms with van der Waals surface area (Å²) in [6.45, 7) is 6.29. The van der Waals surface area contributed by atoms with Gasteiger partial charge in [-0.25, -0.2) is 4.79 Å². The average Bonchev–Trinajstić information content (AvgIpc) is 1.39. The molecular formula is C76H23N3O2. The topological polar surface area (TPSA) is 36.0 Å². The number of benzene rings is 19. The predicted octanol–water partition coefficient (Wildman–Crippen LogP) is 18.3. The fraction of sp³-hybridized carbons (Fsp3) is 0.145. The predicted molar refractivity (Wildman–Crippen MR) is 336 cm³/mol. The van der Waals surface area contributed by atoms with E-state index in [-0.39, 0.29) is 23.0 Å². The van der Waals surface area contributed by atoms with Crippen molar-refractivity contribution < 1.29 is 9.53 Å². The number of rotatable bonds is 3. The van der Waals surface area contributed by atoms with Crippen molar-refractivity contribution in [3.63, 3.8) is 0 Å². The van der Waals surface area contributed by atoms with Gasteiger partial charge in [0.2, 0.25) is 0 Å². The molecule has 0 saturated carbocycles. The van der Waals surface area contributed by atoms with Crippen LogP contribution < -0.4 is 4.90 Å². The highest BCUT2D eigenvalue weighted by atomic mass is 16.6. The Kier molecular flexibility index (Phi) is 3.18. The number of amides is 1. The highest BCUT2D eigenvalue weighted by molar-refractivity contribution is 6.82. The molecule has 4 aliphatic carbocycles. The summed E-state index contributed by atoms with van der Waals surface area (Å²) in [6.07, 6.45) is -0.184.